The molecule has 2 N–H and O–H groups in total. The highest BCUT2D eigenvalue weighted by atomic mass is 32.1. The van der Waals surface area contributed by atoms with Gasteiger partial charge in [-0.25, -0.2) is 4.39 Å². The minimum absolute atomic E-state index is 0.0579. The number of hydrogen-bond donors (Lipinski definition) is 1. The summed E-state index contributed by atoms with van der Waals surface area (Å²) < 4.78 is 18.4. The van der Waals surface area contributed by atoms with Gasteiger partial charge in [-0.05, 0) is 31.0 Å². The van der Waals surface area contributed by atoms with Gasteiger partial charge in [0, 0.05) is 11.6 Å². The molecule has 2 rings (SSSR count). The fourth-order valence-electron chi connectivity index (χ4n) is 2.71. The van der Waals surface area contributed by atoms with Gasteiger partial charge in [0.1, 0.15) is 0 Å². The number of nitrogens with two attached hydrogens (primary N) is 1. The van der Waals surface area contributed by atoms with E-state index in [1.807, 2.05) is 0 Å². The summed E-state index contributed by atoms with van der Waals surface area (Å²) in [5.74, 6) is -0.619. The molecule has 0 atom stereocenters. The van der Waals surface area contributed by atoms with Crippen molar-refractivity contribution in [3.05, 3.63) is 29.6 Å². The lowest BCUT2D eigenvalue weighted by atomic mass is 10.1. The maximum Gasteiger partial charge on any atom is 0.254 e. The van der Waals surface area contributed by atoms with Crippen molar-refractivity contribution in [2.24, 2.45) is 5.73 Å². The molecule has 1 aliphatic rings. The number of benzene rings is 1. The van der Waals surface area contributed by atoms with E-state index in [1.54, 1.807) is 4.90 Å². The first-order valence-electron chi connectivity index (χ1n) is 6.95. The summed E-state index contributed by atoms with van der Waals surface area (Å²) in [7, 11) is 1.37. The normalized spacial score (nSPS) is 15.0. The van der Waals surface area contributed by atoms with Gasteiger partial charge in [0.2, 0.25) is 0 Å². The molecule has 1 amide bonds. The van der Waals surface area contributed by atoms with Gasteiger partial charge in [0.05, 0.1) is 18.6 Å². The van der Waals surface area contributed by atoms with Crippen molar-refractivity contribution >= 4 is 23.1 Å². The summed E-state index contributed by atoms with van der Waals surface area (Å²) in [4.78, 5) is 14.7. The van der Waals surface area contributed by atoms with E-state index < -0.39 is 5.82 Å². The van der Waals surface area contributed by atoms with Gasteiger partial charge in [0.15, 0.2) is 11.6 Å². The number of halogens is 1. The zero-order chi connectivity index (χ0) is 15.4. The predicted octanol–water partition coefficient (Wildman–Crippen LogP) is 2.51. The van der Waals surface area contributed by atoms with E-state index in [4.69, 9.17) is 22.7 Å². The molecule has 1 aromatic carbocycles. The predicted molar refractivity (Wildman–Crippen MR) is 83.0 cm³/mol. The molecule has 0 unspecified atom stereocenters. The van der Waals surface area contributed by atoms with Crippen LogP contribution in [0.3, 0.4) is 0 Å². The number of nitrogens with zero attached hydrogens (tertiary/aromatic N) is 1. The first-order chi connectivity index (χ1) is 10.0. The third kappa shape index (κ3) is 3.69. The Morgan fingerprint density at radius 1 is 1.48 bits per heavy atom. The lowest BCUT2D eigenvalue weighted by Crippen LogP contribution is -2.43. The monoisotopic (exact) mass is 310 g/mol. The Morgan fingerprint density at radius 3 is 2.71 bits per heavy atom. The summed E-state index contributed by atoms with van der Waals surface area (Å²) in [6, 6.07) is 4.26. The molecular formula is C15H19FN2O2S. The second kappa shape index (κ2) is 6.85. The lowest BCUT2D eigenvalue weighted by molar-refractivity contribution is 0.0714. The molecule has 4 nitrogen and oxygen atoms in total. The molecule has 0 aliphatic heterocycles. The summed E-state index contributed by atoms with van der Waals surface area (Å²) in [5.41, 5.74) is 6.00. The molecule has 6 heteroatoms. The second-order valence-electron chi connectivity index (χ2n) is 5.19. The molecule has 0 bridgehead atoms. The highest BCUT2D eigenvalue weighted by molar-refractivity contribution is 7.80. The number of carbonyl (C=O) groups excluding carboxylic acids is 1. The molecular weight excluding hydrogens is 291 g/mol. The summed E-state index contributed by atoms with van der Waals surface area (Å²) in [6.07, 6.45) is 4.09. The molecule has 114 valence electrons. The number of rotatable bonds is 5. The van der Waals surface area contributed by atoms with Crippen LogP contribution in [0.2, 0.25) is 0 Å². The SMILES string of the molecule is COc1cc(C(=O)N(CC(N)=S)C2CCCC2)ccc1F. The summed E-state index contributed by atoms with van der Waals surface area (Å²) in [6.45, 7) is 0.249. The van der Waals surface area contributed by atoms with Crippen molar-refractivity contribution < 1.29 is 13.9 Å². The van der Waals surface area contributed by atoms with Crippen molar-refractivity contribution in [2.75, 3.05) is 13.7 Å². The Hall–Kier alpha value is -1.69. The molecule has 0 spiro atoms. The highest BCUT2D eigenvalue weighted by Gasteiger charge is 2.28. The third-order valence-corrected chi connectivity index (χ3v) is 3.88. The zero-order valence-electron chi connectivity index (χ0n) is 12.0. The Bertz CT molecular complexity index is 544. The fourth-order valence-corrected chi connectivity index (χ4v) is 2.85. The standard InChI is InChI=1S/C15H19FN2O2S/c1-20-13-8-10(6-7-12(13)16)15(19)18(9-14(17)21)11-4-2-3-5-11/h6-8,11H,2-5,9H2,1H3,(H2,17,21). The molecule has 1 aromatic rings. The lowest BCUT2D eigenvalue weighted by Gasteiger charge is -2.28. The van der Waals surface area contributed by atoms with E-state index in [0.29, 0.717) is 5.56 Å². The number of carbonyl (C=O) groups is 1. The molecule has 0 heterocycles. The van der Waals surface area contributed by atoms with Crippen molar-refractivity contribution in [1.82, 2.24) is 4.90 Å². The van der Waals surface area contributed by atoms with Crippen LogP contribution in [-0.2, 0) is 0 Å². The Labute approximate surface area is 129 Å². The maximum absolute atomic E-state index is 13.5. The Kier molecular flexibility index (Phi) is 5.12. The molecule has 0 aromatic heterocycles. The van der Waals surface area contributed by atoms with E-state index in [2.05, 4.69) is 0 Å². The molecule has 1 fully saturated rings. The van der Waals surface area contributed by atoms with E-state index in [9.17, 15) is 9.18 Å². The van der Waals surface area contributed by atoms with Crippen molar-refractivity contribution in [3.8, 4) is 5.75 Å². The first-order valence-corrected chi connectivity index (χ1v) is 7.36. The van der Waals surface area contributed by atoms with Crippen molar-refractivity contribution in [2.45, 2.75) is 31.7 Å². The largest absolute Gasteiger partial charge is 0.494 e. The third-order valence-electron chi connectivity index (χ3n) is 3.75. The fraction of sp³-hybridized carbons (Fsp3) is 0.467. The average molecular weight is 310 g/mol. The molecule has 0 saturated heterocycles. The van der Waals surface area contributed by atoms with Crippen LogP contribution in [0.1, 0.15) is 36.0 Å². The van der Waals surface area contributed by atoms with Gasteiger partial charge in [-0.3, -0.25) is 4.79 Å². The van der Waals surface area contributed by atoms with Crippen LogP contribution in [0.4, 0.5) is 4.39 Å². The van der Waals surface area contributed by atoms with Gasteiger partial charge in [-0.15, -0.1) is 0 Å². The van der Waals surface area contributed by atoms with E-state index in [1.165, 1.54) is 25.3 Å². The van der Waals surface area contributed by atoms with Gasteiger partial charge < -0.3 is 15.4 Å². The van der Waals surface area contributed by atoms with Gasteiger partial charge in [-0.1, -0.05) is 25.1 Å². The van der Waals surface area contributed by atoms with E-state index in [-0.39, 0.29) is 29.2 Å². The van der Waals surface area contributed by atoms with Gasteiger partial charge >= 0.3 is 0 Å². The molecule has 0 radical (unpaired) electrons. The van der Waals surface area contributed by atoms with Crippen LogP contribution in [0, 0.1) is 5.82 Å². The molecule has 1 aliphatic carbocycles. The minimum Gasteiger partial charge on any atom is -0.494 e. The number of methoxy groups -OCH3 is 1. The van der Waals surface area contributed by atoms with E-state index >= 15 is 0 Å². The van der Waals surface area contributed by atoms with Crippen molar-refractivity contribution in [3.63, 3.8) is 0 Å². The smallest absolute Gasteiger partial charge is 0.254 e. The van der Waals surface area contributed by atoms with Crippen LogP contribution in [0.15, 0.2) is 18.2 Å². The van der Waals surface area contributed by atoms with Crippen LogP contribution >= 0.6 is 12.2 Å². The zero-order valence-corrected chi connectivity index (χ0v) is 12.8. The number of ether oxygens (including phenoxy) is 1. The number of thiocarbonyl (C=S) groups is 1. The minimum atomic E-state index is -0.490. The first kappa shape index (κ1) is 15.7. The molecule has 1 saturated carbocycles. The quantitative estimate of drug-likeness (QED) is 0.849. The van der Waals surface area contributed by atoms with Crippen LogP contribution < -0.4 is 10.5 Å². The topological polar surface area (TPSA) is 55.6 Å². The molecule has 21 heavy (non-hydrogen) atoms. The maximum atomic E-state index is 13.5. The Balaban J connectivity index is 2.26. The Morgan fingerprint density at radius 2 is 2.14 bits per heavy atom. The van der Waals surface area contributed by atoms with Crippen molar-refractivity contribution in [1.29, 1.82) is 0 Å². The number of hydrogen-bond acceptors (Lipinski definition) is 3. The van der Waals surface area contributed by atoms with Gasteiger partial charge in [-0.2, -0.15) is 0 Å². The second-order valence-corrected chi connectivity index (χ2v) is 5.71. The summed E-state index contributed by atoms with van der Waals surface area (Å²) >= 11 is 4.95. The van der Waals surface area contributed by atoms with Crippen LogP contribution in [0.25, 0.3) is 0 Å². The van der Waals surface area contributed by atoms with E-state index in [0.717, 1.165) is 25.7 Å². The van der Waals surface area contributed by atoms with Crippen LogP contribution in [0.5, 0.6) is 5.75 Å². The van der Waals surface area contributed by atoms with Crippen LogP contribution in [-0.4, -0.2) is 35.5 Å². The average Bonchev–Trinajstić information content (AvgIpc) is 2.98. The highest BCUT2D eigenvalue weighted by Crippen LogP contribution is 2.26. The number of amides is 1. The summed E-state index contributed by atoms with van der Waals surface area (Å²) in [5, 5.41) is 0. The van der Waals surface area contributed by atoms with Gasteiger partial charge in [0.25, 0.3) is 5.91 Å².